The van der Waals surface area contributed by atoms with Gasteiger partial charge in [0.15, 0.2) is 0 Å². The van der Waals surface area contributed by atoms with Gasteiger partial charge in [0.05, 0.1) is 0 Å². The Morgan fingerprint density at radius 2 is 1.75 bits per heavy atom. The molecule has 2 nitrogen and oxygen atoms in total. The molecule has 0 heterocycles. The predicted molar refractivity (Wildman–Crippen MR) is 69.6 cm³/mol. The van der Waals surface area contributed by atoms with Crippen LogP contribution in [0.1, 0.15) is 46.5 Å². The summed E-state index contributed by atoms with van der Waals surface area (Å²) >= 11 is 0. The number of hydrogen-bond donors (Lipinski definition) is 1. The number of nitrogens with one attached hydrogen (secondary N) is 1. The summed E-state index contributed by atoms with van der Waals surface area (Å²) in [4.78, 5) is 2.59. The Bertz CT molecular complexity index is 221. The topological polar surface area (TPSA) is 15.3 Å². The van der Waals surface area contributed by atoms with E-state index in [1.165, 1.54) is 32.2 Å². The van der Waals surface area contributed by atoms with Gasteiger partial charge in [0, 0.05) is 18.1 Å². The zero-order valence-electron chi connectivity index (χ0n) is 11.4. The van der Waals surface area contributed by atoms with E-state index < -0.39 is 0 Å². The molecule has 2 aliphatic rings. The molecule has 0 bridgehead atoms. The van der Waals surface area contributed by atoms with Crippen LogP contribution < -0.4 is 5.32 Å². The third kappa shape index (κ3) is 3.21. The zero-order valence-corrected chi connectivity index (χ0v) is 11.4. The minimum absolute atomic E-state index is 0.696. The van der Waals surface area contributed by atoms with Gasteiger partial charge in [0.2, 0.25) is 0 Å². The minimum atomic E-state index is 0.696. The van der Waals surface area contributed by atoms with Crippen LogP contribution in [0.4, 0.5) is 0 Å². The van der Waals surface area contributed by atoms with Gasteiger partial charge in [-0.15, -0.1) is 0 Å². The molecule has 2 fully saturated rings. The van der Waals surface area contributed by atoms with Crippen molar-refractivity contribution in [2.24, 2.45) is 11.8 Å². The van der Waals surface area contributed by atoms with Crippen molar-refractivity contribution in [3.63, 3.8) is 0 Å². The molecule has 0 saturated heterocycles. The van der Waals surface area contributed by atoms with Gasteiger partial charge in [-0.25, -0.2) is 0 Å². The maximum Gasteiger partial charge on any atom is 0.0105 e. The van der Waals surface area contributed by atoms with E-state index in [-0.39, 0.29) is 0 Å². The van der Waals surface area contributed by atoms with Gasteiger partial charge < -0.3 is 10.2 Å². The van der Waals surface area contributed by atoms with E-state index in [9.17, 15) is 0 Å². The first-order valence-corrected chi connectivity index (χ1v) is 7.05. The highest BCUT2D eigenvalue weighted by Gasteiger charge is 2.33. The van der Waals surface area contributed by atoms with Gasteiger partial charge in [0.1, 0.15) is 0 Å². The Kier molecular flexibility index (Phi) is 3.91. The lowest BCUT2D eigenvalue weighted by Crippen LogP contribution is -2.44. The first kappa shape index (κ1) is 12.4. The van der Waals surface area contributed by atoms with Crippen molar-refractivity contribution in [1.29, 1.82) is 0 Å². The van der Waals surface area contributed by atoms with Crippen LogP contribution in [0, 0.1) is 11.8 Å². The third-order valence-electron chi connectivity index (χ3n) is 4.72. The number of nitrogens with zero attached hydrogens (tertiary/aromatic N) is 1. The first-order chi connectivity index (χ1) is 7.59. The fourth-order valence-corrected chi connectivity index (χ4v) is 2.49. The minimum Gasteiger partial charge on any atom is -0.314 e. The van der Waals surface area contributed by atoms with Gasteiger partial charge >= 0.3 is 0 Å². The third-order valence-corrected chi connectivity index (χ3v) is 4.72. The van der Waals surface area contributed by atoms with E-state index in [1.54, 1.807) is 0 Å². The Balaban J connectivity index is 1.72. The Labute approximate surface area is 101 Å². The average molecular weight is 224 g/mol. The fourth-order valence-electron chi connectivity index (χ4n) is 2.49. The quantitative estimate of drug-likeness (QED) is 0.715. The van der Waals surface area contributed by atoms with Crippen LogP contribution >= 0.6 is 0 Å². The molecule has 0 aromatic carbocycles. The highest BCUT2D eigenvalue weighted by Crippen LogP contribution is 2.35. The lowest BCUT2D eigenvalue weighted by Gasteiger charge is -2.35. The molecular weight excluding hydrogens is 196 g/mol. The van der Waals surface area contributed by atoms with Crippen LogP contribution in [-0.4, -0.2) is 36.6 Å². The molecule has 2 rings (SSSR count). The number of hydrogen-bond acceptors (Lipinski definition) is 2. The number of rotatable bonds is 7. The average Bonchev–Trinajstić information content (AvgIpc) is 3.15. The SMILES string of the molecule is CC(CNC1CC1)C(C)N(C)C(C)C1CC1. The summed E-state index contributed by atoms with van der Waals surface area (Å²) in [6.07, 6.45) is 5.70. The van der Waals surface area contributed by atoms with E-state index in [0.717, 1.165) is 23.9 Å². The van der Waals surface area contributed by atoms with E-state index in [4.69, 9.17) is 0 Å². The summed E-state index contributed by atoms with van der Waals surface area (Å²) in [5.41, 5.74) is 0. The smallest absolute Gasteiger partial charge is 0.0105 e. The molecule has 2 saturated carbocycles. The molecule has 0 amide bonds. The summed E-state index contributed by atoms with van der Waals surface area (Å²) < 4.78 is 0. The molecule has 3 unspecified atom stereocenters. The standard InChI is InChI=1S/C14H28N2/c1-10(9-15-14-7-8-14)11(2)16(4)12(3)13-5-6-13/h10-15H,5-9H2,1-4H3. The Hall–Kier alpha value is -0.0800. The summed E-state index contributed by atoms with van der Waals surface area (Å²) in [7, 11) is 2.31. The second-order valence-corrected chi connectivity index (χ2v) is 6.14. The van der Waals surface area contributed by atoms with Crippen LogP contribution in [0.25, 0.3) is 0 Å². The van der Waals surface area contributed by atoms with Crippen LogP contribution in [-0.2, 0) is 0 Å². The maximum atomic E-state index is 3.65. The van der Waals surface area contributed by atoms with Crippen LogP contribution in [0.2, 0.25) is 0 Å². The van der Waals surface area contributed by atoms with Crippen molar-refractivity contribution in [2.75, 3.05) is 13.6 Å². The van der Waals surface area contributed by atoms with Crippen molar-refractivity contribution < 1.29 is 0 Å². The first-order valence-electron chi connectivity index (χ1n) is 7.05. The van der Waals surface area contributed by atoms with Gasteiger partial charge in [-0.3, -0.25) is 0 Å². The molecule has 0 aliphatic heterocycles. The Morgan fingerprint density at radius 1 is 1.12 bits per heavy atom. The molecule has 94 valence electrons. The summed E-state index contributed by atoms with van der Waals surface area (Å²) in [5, 5.41) is 3.65. The second-order valence-electron chi connectivity index (χ2n) is 6.14. The van der Waals surface area contributed by atoms with Crippen LogP contribution in [0.5, 0.6) is 0 Å². The van der Waals surface area contributed by atoms with Crippen LogP contribution in [0.3, 0.4) is 0 Å². The summed E-state index contributed by atoms with van der Waals surface area (Å²) in [6, 6.07) is 2.32. The van der Waals surface area contributed by atoms with E-state index >= 15 is 0 Å². The fraction of sp³-hybridized carbons (Fsp3) is 1.00. The van der Waals surface area contributed by atoms with Crippen molar-refractivity contribution in [1.82, 2.24) is 10.2 Å². The predicted octanol–water partition coefficient (Wildman–Crippen LogP) is 2.49. The largest absolute Gasteiger partial charge is 0.314 e. The lowest BCUT2D eigenvalue weighted by molar-refractivity contribution is 0.136. The van der Waals surface area contributed by atoms with E-state index in [2.05, 4.69) is 38.0 Å². The normalized spacial score (nSPS) is 26.8. The highest BCUT2D eigenvalue weighted by atomic mass is 15.2. The van der Waals surface area contributed by atoms with Crippen LogP contribution in [0.15, 0.2) is 0 Å². The van der Waals surface area contributed by atoms with E-state index in [1.807, 2.05) is 0 Å². The Morgan fingerprint density at radius 3 is 2.25 bits per heavy atom. The molecule has 3 atom stereocenters. The molecule has 0 radical (unpaired) electrons. The lowest BCUT2D eigenvalue weighted by atomic mass is 10.00. The maximum absolute atomic E-state index is 3.65. The van der Waals surface area contributed by atoms with Gasteiger partial charge in [-0.1, -0.05) is 6.92 Å². The molecule has 2 heteroatoms. The zero-order chi connectivity index (χ0) is 11.7. The van der Waals surface area contributed by atoms with Gasteiger partial charge in [-0.2, -0.15) is 0 Å². The summed E-state index contributed by atoms with van der Waals surface area (Å²) in [5.74, 6) is 1.74. The van der Waals surface area contributed by atoms with Crippen molar-refractivity contribution in [2.45, 2.75) is 64.6 Å². The van der Waals surface area contributed by atoms with E-state index in [0.29, 0.717) is 6.04 Å². The second kappa shape index (κ2) is 5.05. The molecule has 0 aromatic heterocycles. The molecular formula is C14H28N2. The molecule has 0 aromatic rings. The van der Waals surface area contributed by atoms with Crippen molar-refractivity contribution in [3.8, 4) is 0 Å². The highest BCUT2D eigenvalue weighted by molar-refractivity contribution is 4.88. The van der Waals surface area contributed by atoms with Gasteiger partial charge in [0.25, 0.3) is 0 Å². The molecule has 0 spiro atoms. The summed E-state index contributed by atoms with van der Waals surface area (Å²) in [6.45, 7) is 8.36. The molecule has 16 heavy (non-hydrogen) atoms. The van der Waals surface area contributed by atoms with Crippen molar-refractivity contribution >= 4 is 0 Å². The molecule has 2 aliphatic carbocycles. The van der Waals surface area contributed by atoms with Gasteiger partial charge in [-0.05, 0) is 65.0 Å². The van der Waals surface area contributed by atoms with Crippen molar-refractivity contribution in [3.05, 3.63) is 0 Å². The monoisotopic (exact) mass is 224 g/mol. The molecule has 1 N–H and O–H groups in total.